The number of anilines is 1. The van der Waals surface area contributed by atoms with Crippen LogP contribution in [-0.2, 0) is 9.59 Å². The standard InChI is InChI=1S/C24H30N2O7/c1-29-18-7-5-6-8-19(18)33-15-23(28)26(17-9-10-17)12-11-22(27)25-16-13-20(30-2)24(32-4)21(14-16)31-3/h5-8,13-14,17H,9-12,15H2,1-4H3,(H,25,27). The molecule has 33 heavy (non-hydrogen) atoms. The second-order valence-electron chi connectivity index (χ2n) is 7.47. The van der Waals surface area contributed by atoms with Gasteiger partial charge in [-0.05, 0) is 25.0 Å². The first kappa shape index (κ1) is 24.0. The molecule has 0 heterocycles. The molecule has 0 saturated heterocycles. The molecule has 9 nitrogen and oxygen atoms in total. The highest BCUT2D eigenvalue weighted by Crippen LogP contribution is 2.40. The third-order valence-electron chi connectivity index (χ3n) is 5.26. The minimum Gasteiger partial charge on any atom is -0.493 e. The largest absolute Gasteiger partial charge is 0.493 e. The Morgan fingerprint density at radius 3 is 2.06 bits per heavy atom. The normalized spacial score (nSPS) is 12.5. The Hall–Kier alpha value is -3.62. The zero-order chi connectivity index (χ0) is 23.8. The van der Waals surface area contributed by atoms with Crippen LogP contribution in [0.2, 0.25) is 0 Å². The molecule has 1 aliphatic rings. The van der Waals surface area contributed by atoms with Crippen molar-refractivity contribution in [3.05, 3.63) is 36.4 Å². The van der Waals surface area contributed by atoms with Gasteiger partial charge in [-0.2, -0.15) is 0 Å². The van der Waals surface area contributed by atoms with Gasteiger partial charge in [0.25, 0.3) is 5.91 Å². The first-order valence-electron chi connectivity index (χ1n) is 10.7. The molecule has 3 rings (SSSR count). The molecule has 0 atom stereocenters. The third-order valence-corrected chi connectivity index (χ3v) is 5.26. The first-order valence-corrected chi connectivity index (χ1v) is 10.7. The van der Waals surface area contributed by atoms with Gasteiger partial charge in [0.2, 0.25) is 11.7 Å². The molecule has 178 valence electrons. The van der Waals surface area contributed by atoms with E-state index in [1.54, 1.807) is 36.3 Å². The summed E-state index contributed by atoms with van der Waals surface area (Å²) in [5, 5.41) is 2.83. The SMILES string of the molecule is COc1ccccc1OCC(=O)N(CCC(=O)Nc1cc(OC)c(OC)c(OC)c1)C1CC1. The molecule has 9 heteroatoms. The number of ether oxygens (including phenoxy) is 5. The fraction of sp³-hybridized carbons (Fsp3) is 0.417. The smallest absolute Gasteiger partial charge is 0.260 e. The van der Waals surface area contributed by atoms with Gasteiger partial charge in [-0.25, -0.2) is 0 Å². The fourth-order valence-corrected chi connectivity index (χ4v) is 3.46. The highest BCUT2D eigenvalue weighted by Gasteiger charge is 2.33. The van der Waals surface area contributed by atoms with Crippen LogP contribution in [0.5, 0.6) is 28.7 Å². The number of methoxy groups -OCH3 is 4. The highest BCUT2D eigenvalue weighted by molar-refractivity contribution is 5.92. The molecule has 1 aliphatic carbocycles. The summed E-state index contributed by atoms with van der Waals surface area (Å²) < 4.78 is 26.9. The molecule has 0 spiro atoms. The number of amides is 2. The van der Waals surface area contributed by atoms with Crippen LogP contribution in [0.3, 0.4) is 0 Å². The monoisotopic (exact) mass is 458 g/mol. The third kappa shape index (κ3) is 6.21. The summed E-state index contributed by atoms with van der Waals surface area (Å²) in [6.45, 7) is 0.181. The Morgan fingerprint density at radius 2 is 1.52 bits per heavy atom. The topological polar surface area (TPSA) is 95.6 Å². The molecule has 0 radical (unpaired) electrons. The summed E-state index contributed by atoms with van der Waals surface area (Å²) >= 11 is 0. The Morgan fingerprint density at radius 1 is 0.909 bits per heavy atom. The van der Waals surface area contributed by atoms with Crippen molar-refractivity contribution in [2.24, 2.45) is 0 Å². The minimum atomic E-state index is -0.228. The number of benzene rings is 2. The lowest BCUT2D eigenvalue weighted by Gasteiger charge is -2.22. The maximum absolute atomic E-state index is 12.8. The number of hydrogen-bond donors (Lipinski definition) is 1. The van der Waals surface area contributed by atoms with Gasteiger partial charge in [-0.3, -0.25) is 9.59 Å². The second-order valence-corrected chi connectivity index (χ2v) is 7.47. The van der Waals surface area contributed by atoms with Crippen LogP contribution in [0, 0.1) is 0 Å². The molecular formula is C24H30N2O7. The quantitative estimate of drug-likeness (QED) is 0.522. The zero-order valence-electron chi connectivity index (χ0n) is 19.4. The van der Waals surface area contributed by atoms with Crippen molar-refractivity contribution in [1.29, 1.82) is 0 Å². The maximum atomic E-state index is 12.8. The zero-order valence-corrected chi connectivity index (χ0v) is 19.4. The number of carbonyl (C=O) groups is 2. The molecule has 2 aromatic rings. The summed E-state index contributed by atoms with van der Waals surface area (Å²) in [7, 11) is 6.08. The molecule has 1 N–H and O–H groups in total. The Balaban J connectivity index is 1.58. The number of nitrogens with one attached hydrogen (secondary N) is 1. The van der Waals surface area contributed by atoms with E-state index in [1.807, 2.05) is 12.1 Å². The van der Waals surface area contributed by atoms with Crippen LogP contribution < -0.4 is 29.0 Å². The van der Waals surface area contributed by atoms with Crippen LogP contribution in [0.25, 0.3) is 0 Å². The lowest BCUT2D eigenvalue weighted by Crippen LogP contribution is -2.38. The molecule has 0 bridgehead atoms. The highest BCUT2D eigenvalue weighted by atomic mass is 16.5. The summed E-state index contributed by atoms with van der Waals surface area (Å²) in [5.41, 5.74) is 0.512. The Kier molecular flexibility index (Phi) is 8.23. The summed E-state index contributed by atoms with van der Waals surface area (Å²) in [5.74, 6) is 2.00. The van der Waals surface area contributed by atoms with Crippen molar-refractivity contribution in [2.45, 2.75) is 25.3 Å². The van der Waals surface area contributed by atoms with E-state index in [4.69, 9.17) is 23.7 Å². The molecule has 2 amide bonds. The van der Waals surface area contributed by atoms with E-state index in [0.717, 1.165) is 12.8 Å². The molecule has 1 saturated carbocycles. The average Bonchev–Trinajstić information content (AvgIpc) is 3.67. The van der Waals surface area contributed by atoms with Gasteiger partial charge in [-0.15, -0.1) is 0 Å². The molecule has 1 fully saturated rings. The maximum Gasteiger partial charge on any atom is 0.260 e. The van der Waals surface area contributed by atoms with Gasteiger partial charge in [0.15, 0.2) is 29.6 Å². The van der Waals surface area contributed by atoms with E-state index < -0.39 is 0 Å². The molecule has 2 aromatic carbocycles. The summed E-state index contributed by atoms with van der Waals surface area (Å²) in [6, 6.07) is 10.6. The van der Waals surface area contributed by atoms with E-state index >= 15 is 0 Å². The van der Waals surface area contributed by atoms with Crippen molar-refractivity contribution >= 4 is 17.5 Å². The lowest BCUT2D eigenvalue weighted by molar-refractivity contribution is -0.134. The molecule has 0 aromatic heterocycles. The number of rotatable bonds is 12. The van der Waals surface area contributed by atoms with Crippen molar-refractivity contribution in [1.82, 2.24) is 4.90 Å². The van der Waals surface area contributed by atoms with Crippen LogP contribution in [0.4, 0.5) is 5.69 Å². The van der Waals surface area contributed by atoms with Gasteiger partial charge in [0, 0.05) is 36.8 Å². The van der Waals surface area contributed by atoms with E-state index in [9.17, 15) is 9.59 Å². The lowest BCUT2D eigenvalue weighted by atomic mass is 10.2. The van der Waals surface area contributed by atoms with Crippen LogP contribution in [0.1, 0.15) is 19.3 Å². The number of para-hydroxylation sites is 2. The summed E-state index contributed by atoms with van der Waals surface area (Å²) in [6.07, 6.45) is 2.00. The average molecular weight is 459 g/mol. The van der Waals surface area contributed by atoms with Gasteiger partial charge < -0.3 is 33.9 Å². The number of hydrogen-bond acceptors (Lipinski definition) is 7. The number of nitrogens with zero attached hydrogens (tertiary/aromatic N) is 1. The van der Waals surface area contributed by atoms with Gasteiger partial charge >= 0.3 is 0 Å². The van der Waals surface area contributed by atoms with Crippen LogP contribution in [-0.4, -0.2) is 64.3 Å². The van der Waals surface area contributed by atoms with Gasteiger partial charge in [0.05, 0.1) is 28.4 Å². The predicted octanol–water partition coefficient (Wildman–Crippen LogP) is 3.12. The number of carbonyl (C=O) groups excluding carboxylic acids is 2. The summed E-state index contributed by atoms with van der Waals surface area (Å²) in [4.78, 5) is 27.1. The van der Waals surface area contributed by atoms with Crippen molar-refractivity contribution in [3.63, 3.8) is 0 Å². The van der Waals surface area contributed by atoms with Gasteiger partial charge in [0.1, 0.15) is 0 Å². The second kappa shape index (κ2) is 11.3. The van der Waals surface area contributed by atoms with Gasteiger partial charge in [-0.1, -0.05) is 12.1 Å². The van der Waals surface area contributed by atoms with E-state index in [2.05, 4.69) is 5.32 Å². The van der Waals surface area contributed by atoms with E-state index in [1.165, 1.54) is 21.3 Å². The Bertz CT molecular complexity index is 950. The van der Waals surface area contributed by atoms with Crippen LogP contribution in [0.15, 0.2) is 36.4 Å². The minimum absolute atomic E-state index is 0.120. The Labute approximate surface area is 193 Å². The van der Waals surface area contributed by atoms with E-state index in [-0.39, 0.29) is 30.9 Å². The van der Waals surface area contributed by atoms with Crippen molar-refractivity contribution in [3.8, 4) is 28.7 Å². The molecule has 0 unspecified atom stereocenters. The van der Waals surface area contributed by atoms with Crippen molar-refractivity contribution < 1.29 is 33.3 Å². The van der Waals surface area contributed by atoms with E-state index in [0.29, 0.717) is 41.0 Å². The fourth-order valence-electron chi connectivity index (χ4n) is 3.46. The van der Waals surface area contributed by atoms with Crippen LogP contribution >= 0.6 is 0 Å². The molecular weight excluding hydrogens is 428 g/mol. The molecule has 0 aliphatic heterocycles. The first-order chi connectivity index (χ1) is 16.0. The van der Waals surface area contributed by atoms with Crippen molar-refractivity contribution in [2.75, 3.05) is 46.9 Å². The predicted molar refractivity (Wildman–Crippen MR) is 123 cm³/mol.